The second-order valence-electron chi connectivity index (χ2n) is 14.0. The number of hydrogen-bond acceptors (Lipinski definition) is 5. The molecule has 4 heterocycles. The summed E-state index contributed by atoms with van der Waals surface area (Å²) >= 11 is 0. The molecule has 0 spiro atoms. The Morgan fingerprint density at radius 3 is 1.82 bits per heavy atom. The molecule has 0 amide bonds. The first-order chi connectivity index (χ1) is 27.7. The molecule has 11 rings (SSSR count). The molecule has 0 radical (unpaired) electrons. The van der Waals surface area contributed by atoms with E-state index in [1.165, 1.54) is 0 Å². The zero-order valence-electron chi connectivity index (χ0n) is 30.1. The van der Waals surface area contributed by atoms with Crippen molar-refractivity contribution < 1.29 is 8.83 Å². The molecule has 7 aromatic carbocycles. The van der Waals surface area contributed by atoms with E-state index in [9.17, 15) is 0 Å². The highest BCUT2D eigenvalue weighted by molar-refractivity contribution is 6.17. The van der Waals surface area contributed by atoms with Crippen LogP contribution in [0.1, 0.15) is 0 Å². The Labute approximate surface area is 322 Å². The quantitative estimate of drug-likeness (QED) is 0.171. The minimum atomic E-state index is 0.657. The van der Waals surface area contributed by atoms with E-state index in [4.69, 9.17) is 18.8 Å². The third-order valence-corrected chi connectivity index (χ3v) is 10.6. The fourth-order valence-corrected chi connectivity index (χ4v) is 7.86. The van der Waals surface area contributed by atoms with Crippen molar-refractivity contribution in [2.45, 2.75) is 0 Å². The number of hydrogen-bond donors (Lipinski definition) is 0. The van der Waals surface area contributed by atoms with E-state index in [1.807, 2.05) is 60.8 Å². The molecule has 5 nitrogen and oxygen atoms in total. The van der Waals surface area contributed by atoms with Crippen LogP contribution < -0.4 is 0 Å². The SMILES string of the molecule is c1ccc(-c2cc(-c3cccc(-c4cccnc4)c3)nc(-c3ccc(-c4ccc(-c5ccc6c(c5)oc5ccccc56)c5c4oc4ccccc45)cc3)n2)cc1. The van der Waals surface area contributed by atoms with Crippen molar-refractivity contribution in [1.29, 1.82) is 0 Å². The van der Waals surface area contributed by atoms with Gasteiger partial charge in [0.1, 0.15) is 22.3 Å². The lowest BCUT2D eigenvalue weighted by Gasteiger charge is -2.11. The fourth-order valence-electron chi connectivity index (χ4n) is 7.86. The maximum Gasteiger partial charge on any atom is 0.160 e. The lowest BCUT2D eigenvalue weighted by Crippen LogP contribution is -1.96. The summed E-state index contributed by atoms with van der Waals surface area (Å²) in [6.45, 7) is 0. The van der Waals surface area contributed by atoms with Gasteiger partial charge in [0.15, 0.2) is 5.82 Å². The highest BCUT2D eigenvalue weighted by Gasteiger charge is 2.19. The number of aromatic nitrogens is 3. The molecule has 0 aliphatic heterocycles. The molecule has 11 aromatic rings. The molecule has 0 N–H and O–H groups in total. The Balaban J connectivity index is 1.01. The summed E-state index contributed by atoms with van der Waals surface area (Å²) in [5, 5.41) is 4.38. The van der Waals surface area contributed by atoms with Crippen molar-refractivity contribution in [2.24, 2.45) is 0 Å². The first-order valence-corrected chi connectivity index (χ1v) is 18.7. The van der Waals surface area contributed by atoms with E-state index >= 15 is 0 Å². The molecule has 0 fully saturated rings. The highest BCUT2D eigenvalue weighted by Crippen LogP contribution is 2.43. The summed E-state index contributed by atoms with van der Waals surface area (Å²) in [5.41, 5.74) is 14.5. The Morgan fingerprint density at radius 1 is 0.357 bits per heavy atom. The maximum atomic E-state index is 6.67. The highest BCUT2D eigenvalue weighted by atomic mass is 16.3. The Hall–Kier alpha value is -7.63. The third kappa shape index (κ3) is 5.45. The van der Waals surface area contributed by atoms with Crippen molar-refractivity contribution in [3.63, 3.8) is 0 Å². The van der Waals surface area contributed by atoms with Gasteiger partial charge in [0.2, 0.25) is 0 Å². The van der Waals surface area contributed by atoms with Crippen LogP contribution in [0, 0.1) is 0 Å². The summed E-state index contributed by atoms with van der Waals surface area (Å²) < 4.78 is 13.0. The van der Waals surface area contributed by atoms with E-state index in [0.717, 1.165) is 105 Å². The zero-order valence-corrected chi connectivity index (χ0v) is 30.1. The Morgan fingerprint density at radius 2 is 1.00 bits per heavy atom. The molecule has 0 bridgehead atoms. The predicted molar refractivity (Wildman–Crippen MR) is 227 cm³/mol. The van der Waals surface area contributed by atoms with Gasteiger partial charge in [-0.05, 0) is 70.8 Å². The third-order valence-electron chi connectivity index (χ3n) is 10.6. The van der Waals surface area contributed by atoms with Crippen LogP contribution >= 0.6 is 0 Å². The van der Waals surface area contributed by atoms with E-state index in [1.54, 1.807) is 6.20 Å². The van der Waals surface area contributed by atoms with Crippen LogP contribution in [0.15, 0.2) is 197 Å². The lowest BCUT2D eigenvalue weighted by atomic mass is 9.94. The average Bonchev–Trinajstić information content (AvgIpc) is 3.85. The Kier molecular flexibility index (Phi) is 7.42. The smallest absolute Gasteiger partial charge is 0.160 e. The van der Waals surface area contributed by atoms with Crippen molar-refractivity contribution >= 4 is 43.9 Å². The van der Waals surface area contributed by atoms with Crippen LogP contribution in [-0.4, -0.2) is 15.0 Å². The number of rotatable bonds is 6. The van der Waals surface area contributed by atoms with Gasteiger partial charge in [-0.3, -0.25) is 4.98 Å². The van der Waals surface area contributed by atoms with Crippen LogP contribution in [0.3, 0.4) is 0 Å². The Bertz CT molecular complexity index is 3240. The molecule has 0 saturated heterocycles. The van der Waals surface area contributed by atoms with Crippen LogP contribution in [-0.2, 0) is 0 Å². The van der Waals surface area contributed by atoms with E-state index in [2.05, 4.69) is 126 Å². The van der Waals surface area contributed by atoms with Gasteiger partial charge in [-0.25, -0.2) is 9.97 Å². The van der Waals surface area contributed by atoms with E-state index in [0.29, 0.717) is 5.82 Å². The molecule has 56 heavy (non-hydrogen) atoms. The minimum absolute atomic E-state index is 0.657. The van der Waals surface area contributed by atoms with Crippen molar-refractivity contribution in [3.8, 4) is 67.3 Å². The number of nitrogens with zero attached hydrogens (tertiary/aromatic N) is 3. The van der Waals surface area contributed by atoms with Gasteiger partial charge in [-0.2, -0.15) is 0 Å². The molecule has 0 aliphatic carbocycles. The summed E-state index contributed by atoms with van der Waals surface area (Å²) in [5.74, 6) is 0.657. The minimum Gasteiger partial charge on any atom is -0.456 e. The second kappa shape index (κ2) is 13.0. The zero-order chi connectivity index (χ0) is 37.0. The van der Waals surface area contributed by atoms with Gasteiger partial charge in [-0.15, -0.1) is 0 Å². The molecule has 0 aliphatic rings. The lowest BCUT2D eigenvalue weighted by molar-refractivity contribution is 0.668. The average molecular weight is 718 g/mol. The fraction of sp³-hybridized carbons (Fsp3) is 0. The number of furan rings is 2. The summed E-state index contributed by atoms with van der Waals surface area (Å²) in [4.78, 5) is 14.6. The summed E-state index contributed by atoms with van der Waals surface area (Å²) in [6.07, 6.45) is 3.68. The van der Waals surface area contributed by atoms with Crippen molar-refractivity contribution in [2.75, 3.05) is 0 Å². The molecule has 262 valence electrons. The number of benzene rings is 7. The van der Waals surface area contributed by atoms with Crippen LogP contribution in [0.4, 0.5) is 0 Å². The normalized spacial score (nSPS) is 11.6. The predicted octanol–water partition coefficient (Wildman–Crippen LogP) is 13.7. The largest absolute Gasteiger partial charge is 0.456 e. The van der Waals surface area contributed by atoms with Gasteiger partial charge in [0.05, 0.1) is 11.4 Å². The van der Waals surface area contributed by atoms with Crippen LogP contribution in [0.5, 0.6) is 0 Å². The van der Waals surface area contributed by atoms with Crippen molar-refractivity contribution in [1.82, 2.24) is 15.0 Å². The molecule has 0 unspecified atom stereocenters. The van der Waals surface area contributed by atoms with Gasteiger partial charge < -0.3 is 8.83 Å². The summed E-state index contributed by atoms with van der Waals surface area (Å²) in [6, 6.07) is 60.6. The van der Waals surface area contributed by atoms with Gasteiger partial charge in [-0.1, -0.05) is 127 Å². The first kappa shape index (κ1) is 31.9. The van der Waals surface area contributed by atoms with Crippen LogP contribution in [0.25, 0.3) is 111 Å². The molecule has 0 saturated carbocycles. The standard InChI is InChI=1S/C51H31N3O2/c1-2-10-33(11-3-1)44-30-45(37-13-8-12-35(28-37)38-14-9-27-52-31-38)54-51(53-44)34-21-19-32(20-22-34)40-26-25-39(49-43-16-5-7-18-47(43)56-50(40)49)36-23-24-42-41-15-4-6-17-46(41)55-48(42)29-36/h1-31H. The molecule has 4 aromatic heterocycles. The molecule has 0 atom stereocenters. The van der Waals surface area contributed by atoms with Gasteiger partial charge in [0, 0.05) is 61.8 Å². The first-order valence-electron chi connectivity index (χ1n) is 18.7. The maximum absolute atomic E-state index is 6.67. The summed E-state index contributed by atoms with van der Waals surface area (Å²) in [7, 11) is 0. The van der Waals surface area contributed by atoms with Gasteiger partial charge >= 0.3 is 0 Å². The number of fused-ring (bicyclic) bond motifs is 6. The topological polar surface area (TPSA) is 65.0 Å². The molecular weight excluding hydrogens is 687 g/mol. The van der Waals surface area contributed by atoms with Crippen LogP contribution in [0.2, 0.25) is 0 Å². The monoisotopic (exact) mass is 717 g/mol. The molecular formula is C51H31N3O2. The number of pyridine rings is 1. The second-order valence-corrected chi connectivity index (χ2v) is 14.0. The number of para-hydroxylation sites is 2. The van der Waals surface area contributed by atoms with Crippen molar-refractivity contribution in [3.05, 3.63) is 188 Å². The van der Waals surface area contributed by atoms with E-state index < -0.39 is 0 Å². The van der Waals surface area contributed by atoms with E-state index in [-0.39, 0.29) is 0 Å². The molecule has 5 heteroatoms. The van der Waals surface area contributed by atoms with Gasteiger partial charge in [0.25, 0.3) is 0 Å².